The number of amides is 1. The Balaban J connectivity index is 1.60. The van der Waals surface area contributed by atoms with Gasteiger partial charge in [-0.05, 0) is 37.6 Å². The number of likely N-dealkylation sites (tertiary alicyclic amines) is 1. The maximum atomic E-state index is 12.0. The molecule has 0 aliphatic carbocycles. The lowest BCUT2D eigenvalue weighted by Crippen LogP contribution is -2.48. The van der Waals surface area contributed by atoms with Gasteiger partial charge in [0.25, 0.3) is 0 Å². The Morgan fingerprint density at radius 2 is 1.48 bits per heavy atom. The molecule has 0 N–H and O–H groups in total. The van der Waals surface area contributed by atoms with Crippen LogP contribution in [-0.2, 0) is 4.79 Å². The summed E-state index contributed by atoms with van der Waals surface area (Å²) in [6.07, 6.45) is 3.71. The first-order chi connectivity index (χ1) is 11.0. The second-order valence-corrected chi connectivity index (χ2v) is 8.25. The summed E-state index contributed by atoms with van der Waals surface area (Å²) < 4.78 is 0. The van der Waals surface area contributed by atoms with Crippen molar-refractivity contribution in [1.82, 2.24) is 14.7 Å². The third-order valence-corrected chi connectivity index (χ3v) is 5.36. The standard InChI is InChI=1S/C19H37N3O/c1-16(2)15-21-13-11-20(12-14-21)8-5-18-6-9-22(10-7-18)19(23)17(3)4/h16-18H,5-15H2,1-4H3. The molecule has 2 heterocycles. The number of piperazine rings is 1. The highest BCUT2D eigenvalue weighted by atomic mass is 16.2. The summed E-state index contributed by atoms with van der Waals surface area (Å²) in [7, 11) is 0. The summed E-state index contributed by atoms with van der Waals surface area (Å²) in [4.78, 5) is 19.4. The average Bonchev–Trinajstić information content (AvgIpc) is 2.53. The van der Waals surface area contributed by atoms with E-state index in [1.54, 1.807) is 0 Å². The topological polar surface area (TPSA) is 26.8 Å². The third-order valence-electron chi connectivity index (χ3n) is 5.36. The van der Waals surface area contributed by atoms with Crippen molar-refractivity contribution in [2.75, 3.05) is 52.4 Å². The van der Waals surface area contributed by atoms with E-state index >= 15 is 0 Å². The Labute approximate surface area is 143 Å². The molecular formula is C19H37N3O. The van der Waals surface area contributed by atoms with Crippen LogP contribution in [0.3, 0.4) is 0 Å². The minimum atomic E-state index is 0.147. The molecular weight excluding hydrogens is 286 g/mol. The molecule has 2 aliphatic heterocycles. The van der Waals surface area contributed by atoms with Gasteiger partial charge in [-0.15, -0.1) is 0 Å². The van der Waals surface area contributed by atoms with Crippen LogP contribution in [0.4, 0.5) is 0 Å². The van der Waals surface area contributed by atoms with Crippen molar-refractivity contribution in [2.45, 2.75) is 47.0 Å². The van der Waals surface area contributed by atoms with Crippen LogP contribution in [0.15, 0.2) is 0 Å². The van der Waals surface area contributed by atoms with E-state index in [2.05, 4.69) is 28.5 Å². The Morgan fingerprint density at radius 3 is 2.00 bits per heavy atom. The van der Waals surface area contributed by atoms with E-state index in [0.29, 0.717) is 5.91 Å². The van der Waals surface area contributed by atoms with E-state index in [1.165, 1.54) is 58.5 Å². The van der Waals surface area contributed by atoms with Gasteiger partial charge >= 0.3 is 0 Å². The molecule has 2 fully saturated rings. The van der Waals surface area contributed by atoms with E-state index in [0.717, 1.165) is 24.9 Å². The molecule has 0 bridgehead atoms. The van der Waals surface area contributed by atoms with Crippen LogP contribution in [0.2, 0.25) is 0 Å². The second kappa shape index (κ2) is 9.03. The predicted molar refractivity (Wildman–Crippen MR) is 96.5 cm³/mol. The van der Waals surface area contributed by atoms with Crippen molar-refractivity contribution in [3.8, 4) is 0 Å². The number of carbonyl (C=O) groups is 1. The number of hydrogen-bond acceptors (Lipinski definition) is 3. The van der Waals surface area contributed by atoms with Crippen LogP contribution in [0.25, 0.3) is 0 Å². The fourth-order valence-electron chi connectivity index (χ4n) is 3.88. The van der Waals surface area contributed by atoms with E-state index in [9.17, 15) is 4.79 Å². The predicted octanol–water partition coefficient (Wildman–Crippen LogP) is 2.54. The van der Waals surface area contributed by atoms with Gasteiger partial charge in [-0.3, -0.25) is 4.79 Å². The Kier molecular flexibility index (Phi) is 7.35. The minimum absolute atomic E-state index is 0.147. The summed E-state index contributed by atoms with van der Waals surface area (Å²) in [5, 5.41) is 0. The van der Waals surface area contributed by atoms with E-state index in [1.807, 2.05) is 13.8 Å². The summed E-state index contributed by atoms with van der Waals surface area (Å²) in [5.74, 6) is 2.08. The van der Waals surface area contributed by atoms with Crippen molar-refractivity contribution < 1.29 is 4.79 Å². The molecule has 0 aromatic rings. The molecule has 0 atom stereocenters. The van der Waals surface area contributed by atoms with Crippen LogP contribution < -0.4 is 0 Å². The summed E-state index contributed by atoms with van der Waals surface area (Å²) in [6.45, 7) is 18.0. The molecule has 0 spiro atoms. The molecule has 23 heavy (non-hydrogen) atoms. The van der Waals surface area contributed by atoms with E-state index < -0.39 is 0 Å². The van der Waals surface area contributed by atoms with Crippen molar-refractivity contribution >= 4 is 5.91 Å². The number of rotatable bonds is 6. The van der Waals surface area contributed by atoms with Gasteiger partial charge in [0.15, 0.2) is 0 Å². The monoisotopic (exact) mass is 323 g/mol. The Morgan fingerprint density at radius 1 is 0.913 bits per heavy atom. The molecule has 4 heteroatoms. The van der Waals surface area contributed by atoms with Gasteiger partial charge in [0.2, 0.25) is 5.91 Å². The molecule has 134 valence electrons. The average molecular weight is 324 g/mol. The second-order valence-electron chi connectivity index (χ2n) is 8.25. The molecule has 0 radical (unpaired) electrons. The molecule has 2 rings (SSSR count). The number of piperidine rings is 1. The molecule has 0 unspecified atom stereocenters. The highest BCUT2D eigenvalue weighted by Gasteiger charge is 2.25. The lowest BCUT2D eigenvalue weighted by molar-refractivity contribution is -0.135. The van der Waals surface area contributed by atoms with Gasteiger partial charge in [0, 0.05) is 51.7 Å². The first-order valence-corrected chi connectivity index (χ1v) is 9.69. The smallest absolute Gasteiger partial charge is 0.225 e. The van der Waals surface area contributed by atoms with Gasteiger partial charge in [-0.25, -0.2) is 0 Å². The maximum Gasteiger partial charge on any atom is 0.225 e. The van der Waals surface area contributed by atoms with Gasteiger partial charge in [0.05, 0.1) is 0 Å². The zero-order valence-corrected chi connectivity index (χ0v) is 15.8. The summed E-state index contributed by atoms with van der Waals surface area (Å²) >= 11 is 0. The fraction of sp³-hybridized carbons (Fsp3) is 0.947. The van der Waals surface area contributed by atoms with Gasteiger partial charge in [0.1, 0.15) is 0 Å². The summed E-state index contributed by atoms with van der Waals surface area (Å²) in [5.41, 5.74) is 0. The first-order valence-electron chi connectivity index (χ1n) is 9.69. The van der Waals surface area contributed by atoms with Gasteiger partial charge < -0.3 is 14.7 Å². The molecule has 0 saturated carbocycles. The van der Waals surface area contributed by atoms with Crippen molar-refractivity contribution in [3.05, 3.63) is 0 Å². The van der Waals surface area contributed by atoms with Crippen LogP contribution in [0.1, 0.15) is 47.0 Å². The third kappa shape index (κ3) is 6.07. The van der Waals surface area contributed by atoms with E-state index in [4.69, 9.17) is 0 Å². The lowest BCUT2D eigenvalue weighted by atomic mass is 9.92. The van der Waals surface area contributed by atoms with Crippen molar-refractivity contribution in [1.29, 1.82) is 0 Å². The minimum Gasteiger partial charge on any atom is -0.342 e. The zero-order valence-electron chi connectivity index (χ0n) is 15.8. The number of hydrogen-bond donors (Lipinski definition) is 0. The molecule has 2 aliphatic rings. The largest absolute Gasteiger partial charge is 0.342 e. The van der Waals surface area contributed by atoms with Crippen LogP contribution in [0.5, 0.6) is 0 Å². The van der Waals surface area contributed by atoms with Crippen LogP contribution in [0, 0.1) is 17.8 Å². The normalized spacial score (nSPS) is 22.3. The summed E-state index contributed by atoms with van der Waals surface area (Å²) in [6, 6.07) is 0. The molecule has 2 saturated heterocycles. The quantitative estimate of drug-likeness (QED) is 0.751. The van der Waals surface area contributed by atoms with Crippen LogP contribution in [-0.4, -0.2) is 73.0 Å². The first kappa shape index (κ1) is 18.7. The molecule has 1 amide bonds. The van der Waals surface area contributed by atoms with E-state index in [-0.39, 0.29) is 5.92 Å². The highest BCUT2D eigenvalue weighted by molar-refractivity contribution is 5.78. The molecule has 0 aromatic heterocycles. The van der Waals surface area contributed by atoms with Crippen molar-refractivity contribution in [3.63, 3.8) is 0 Å². The Bertz CT molecular complexity index is 354. The highest BCUT2D eigenvalue weighted by Crippen LogP contribution is 2.22. The SMILES string of the molecule is CC(C)CN1CCN(CCC2CCN(C(=O)C(C)C)CC2)CC1. The maximum absolute atomic E-state index is 12.0. The van der Waals surface area contributed by atoms with Crippen LogP contribution >= 0.6 is 0 Å². The lowest BCUT2D eigenvalue weighted by Gasteiger charge is -2.37. The molecule has 0 aromatic carbocycles. The number of nitrogens with zero attached hydrogens (tertiary/aromatic N) is 3. The fourth-order valence-corrected chi connectivity index (χ4v) is 3.88. The van der Waals surface area contributed by atoms with Crippen molar-refractivity contribution in [2.24, 2.45) is 17.8 Å². The van der Waals surface area contributed by atoms with Gasteiger partial charge in [-0.1, -0.05) is 27.7 Å². The molecule has 4 nitrogen and oxygen atoms in total. The van der Waals surface area contributed by atoms with Gasteiger partial charge in [-0.2, -0.15) is 0 Å². The number of carbonyl (C=O) groups excluding carboxylic acids is 1. The Hall–Kier alpha value is -0.610. The zero-order chi connectivity index (χ0) is 16.8.